The zero-order valence-corrected chi connectivity index (χ0v) is 10.5. The van der Waals surface area contributed by atoms with Crippen molar-refractivity contribution >= 4 is 5.78 Å². The first-order valence-electron chi connectivity index (χ1n) is 6.00. The average Bonchev–Trinajstić information content (AvgIpc) is 3.11. The molecule has 0 heterocycles. The summed E-state index contributed by atoms with van der Waals surface area (Å²) in [6, 6.07) is 7.91. The highest BCUT2D eigenvalue weighted by molar-refractivity contribution is 5.99. The molecule has 0 amide bonds. The number of hydrogen-bond donors (Lipinski definition) is 1. The Morgan fingerprint density at radius 3 is 2.71 bits per heavy atom. The smallest absolute Gasteiger partial charge is 0.176 e. The molecule has 1 aromatic carbocycles. The quantitative estimate of drug-likeness (QED) is 0.761. The molecular formula is C14H19NO2. The topological polar surface area (TPSA) is 38.3 Å². The maximum atomic E-state index is 12.0. The van der Waals surface area contributed by atoms with Gasteiger partial charge in [-0.1, -0.05) is 24.3 Å². The summed E-state index contributed by atoms with van der Waals surface area (Å²) in [7, 11) is 3.51. The lowest BCUT2D eigenvalue weighted by molar-refractivity contribution is 0.0990. The number of ketones is 1. The minimum absolute atomic E-state index is 0.0920. The Labute approximate surface area is 102 Å². The number of carbonyl (C=O) groups is 1. The minimum atomic E-state index is 0.0920. The van der Waals surface area contributed by atoms with Crippen LogP contribution < -0.4 is 5.32 Å². The highest BCUT2D eigenvalue weighted by atomic mass is 16.5. The van der Waals surface area contributed by atoms with Gasteiger partial charge < -0.3 is 10.1 Å². The molecule has 0 spiro atoms. The lowest BCUT2D eigenvalue weighted by Crippen LogP contribution is -2.23. The number of likely N-dealkylation sites (N-methyl/N-ethyl adjacent to an activating group) is 1. The molecule has 0 atom stereocenters. The second-order valence-electron chi connectivity index (χ2n) is 4.71. The lowest BCUT2D eigenvalue weighted by Gasteiger charge is -2.18. The highest BCUT2D eigenvalue weighted by Gasteiger charge is 2.46. The maximum Gasteiger partial charge on any atom is 0.176 e. The lowest BCUT2D eigenvalue weighted by atomic mass is 9.90. The molecule has 0 unspecified atom stereocenters. The van der Waals surface area contributed by atoms with Crippen LogP contribution in [0.3, 0.4) is 0 Å². The van der Waals surface area contributed by atoms with E-state index in [0.717, 1.165) is 24.0 Å². The number of benzene rings is 1. The summed E-state index contributed by atoms with van der Waals surface area (Å²) in [4.78, 5) is 12.0. The zero-order valence-electron chi connectivity index (χ0n) is 10.5. The molecule has 1 aliphatic carbocycles. The molecule has 92 valence electrons. The summed E-state index contributed by atoms with van der Waals surface area (Å²) in [5, 5.41) is 2.92. The number of nitrogens with one attached hydrogen (secondary N) is 1. The number of carbonyl (C=O) groups excluding carboxylic acids is 1. The molecule has 0 bridgehead atoms. The van der Waals surface area contributed by atoms with Crippen LogP contribution in [0.4, 0.5) is 0 Å². The van der Waals surface area contributed by atoms with Crippen LogP contribution in [0.1, 0.15) is 28.8 Å². The number of rotatable bonds is 6. The van der Waals surface area contributed by atoms with Crippen LogP contribution in [-0.4, -0.2) is 33.1 Å². The van der Waals surface area contributed by atoms with Crippen molar-refractivity contribution in [3.63, 3.8) is 0 Å². The molecule has 0 aromatic heterocycles. The second kappa shape index (κ2) is 4.98. The molecule has 1 aromatic rings. The van der Waals surface area contributed by atoms with Gasteiger partial charge >= 0.3 is 0 Å². The van der Waals surface area contributed by atoms with E-state index in [0.29, 0.717) is 13.2 Å². The van der Waals surface area contributed by atoms with Gasteiger partial charge in [0.25, 0.3) is 0 Å². The molecule has 1 fully saturated rings. The fourth-order valence-corrected chi connectivity index (χ4v) is 2.36. The number of Topliss-reactive ketones (excluding diaryl/α,β-unsaturated/α-hetero) is 1. The summed E-state index contributed by atoms with van der Waals surface area (Å²) in [5.41, 5.74) is 2.09. The van der Waals surface area contributed by atoms with E-state index in [9.17, 15) is 4.79 Å². The first kappa shape index (κ1) is 12.3. The van der Waals surface area contributed by atoms with Gasteiger partial charge in [0, 0.05) is 18.1 Å². The Morgan fingerprint density at radius 1 is 1.41 bits per heavy atom. The molecule has 0 saturated heterocycles. The van der Waals surface area contributed by atoms with Crippen LogP contribution in [0.2, 0.25) is 0 Å². The maximum absolute atomic E-state index is 12.0. The predicted octanol–water partition coefficient (Wildman–Crippen LogP) is 1.77. The van der Waals surface area contributed by atoms with Crippen LogP contribution in [0.5, 0.6) is 0 Å². The van der Waals surface area contributed by atoms with Gasteiger partial charge in [0.2, 0.25) is 0 Å². The van der Waals surface area contributed by atoms with Crippen molar-refractivity contribution in [2.24, 2.45) is 0 Å². The highest BCUT2D eigenvalue weighted by Crippen LogP contribution is 2.49. The fraction of sp³-hybridized carbons (Fsp3) is 0.500. The Bertz CT molecular complexity index is 410. The molecular weight excluding hydrogens is 214 g/mol. The molecule has 17 heavy (non-hydrogen) atoms. The first-order chi connectivity index (χ1) is 8.23. The van der Waals surface area contributed by atoms with E-state index >= 15 is 0 Å². The van der Waals surface area contributed by atoms with E-state index in [1.165, 1.54) is 0 Å². The molecule has 1 saturated carbocycles. The third kappa shape index (κ3) is 2.40. The summed E-state index contributed by atoms with van der Waals surface area (Å²) < 4.78 is 5.29. The van der Waals surface area contributed by atoms with E-state index < -0.39 is 0 Å². The number of hydrogen-bond acceptors (Lipinski definition) is 3. The van der Waals surface area contributed by atoms with E-state index in [1.54, 1.807) is 14.2 Å². The van der Waals surface area contributed by atoms with E-state index in [-0.39, 0.29) is 11.2 Å². The van der Waals surface area contributed by atoms with Crippen LogP contribution in [0.15, 0.2) is 24.3 Å². The minimum Gasteiger partial charge on any atom is -0.384 e. The Balaban J connectivity index is 2.31. The largest absolute Gasteiger partial charge is 0.384 e. The SMILES string of the molecule is CNCC(=O)c1ccccc1C1(COC)CC1. The molecule has 0 aliphatic heterocycles. The van der Waals surface area contributed by atoms with Crippen molar-refractivity contribution in [2.75, 3.05) is 27.3 Å². The van der Waals surface area contributed by atoms with E-state index in [4.69, 9.17) is 4.74 Å². The second-order valence-corrected chi connectivity index (χ2v) is 4.71. The Kier molecular flexibility index (Phi) is 3.60. The van der Waals surface area contributed by atoms with Gasteiger partial charge in [-0.05, 0) is 25.5 Å². The van der Waals surface area contributed by atoms with E-state index in [1.807, 2.05) is 18.2 Å². The number of methoxy groups -OCH3 is 1. The molecule has 1 N–H and O–H groups in total. The monoisotopic (exact) mass is 233 g/mol. The van der Waals surface area contributed by atoms with Crippen molar-refractivity contribution in [3.05, 3.63) is 35.4 Å². The molecule has 3 nitrogen and oxygen atoms in total. The Hall–Kier alpha value is -1.19. The van der Waals surface area contributed by atoms with Crippen LogP contribution in [0.25, 0.3) is 0 Å². The fourth-order valence-electron chi connectivity index (χ4n) is 2.36. The summed E-state index contributed by atoms with van der Waals surface area (Å²) in [6.07, 6.45) is 2.23. The van der Waals surface area contributed by atoms with Crippen LogP contribution in [-0.2, 0) is 10.2 Å². The number of ether oxygens (including phenoxy) is 1. The van der Waals surface area contributed by atoms with Gasteiger partial charge in [-0.3, -0.25) is 4.79 Å². The van der Waals surface area contributed by atoms with Crippen molar-refractivity contribution in [1.82, 2.24) is 5.32 Å². The predicted molar refractivity (Wildman–Crippen MR) is 67.5 cm³/mol. The van der Waals surface area contributed by atoms with Crippen molar-refractivity contribution in [1.29, 1.82) is 0 Å². The normalized spacial score (nSPS) is 16.8. The molecule has 3 heteroatoms. The van der Waals surface area contributed by atoms with Gasteiger partial charge in [-0.2, -0.15) is 0 Å². The Morgan fingerprint density at radius 2 is 2.12 bits per heavy atom. The summed E-state index contributed by atoms with van der Waals surface area (Å²) in [6.45, 7) is 1.09. The van der Waals surface area contributed by atoms with Gasteiger partial charge in [0.15, 0.2) is 5.78 Å². The van der Waals surface area contributed by atoms with Gasteiger partial charge in [-0.15, -0.1) is 0 Å². The molecule has 1 aliphatic rings. The first-order valence-corrected chi connectivity index (χ1v) is 6.00. The van der Waals surface area contributed by atoms with Crippen molar-refractivity contribution in [2.45, 2.75) is 18.3 Å². The zero-order chi connectivity index (χ0) is 12.3. The van der Waals surface area contributed by atoms with Crippen molar-refractivity contribution < 1.29 is 9.53 Å². The van der Waals surface area contributed by atoms with Crippen molar-refractivity contribution in [3.8, 4) is 0 Å². The van der Waals surface area contributed by atoms with Gasteiger partial charge in [0.1, 0.15) is 0 Å². The average molecular weight is 233 g/mol. The van der Waals surface area contributed by atoms with Gasteiger partial charge in [0.05, 0.1) is 13.2 Å². The summed E-state index contributed by atoms with van der Waals surface area (Å²) >= 11 is 0. The molecule has 0 radical (unpaired) electrons. The van der Waals surface area contributed by atoms with Crippen LogP contribution >= 0.6 is 0 Å². The van der Waals surface area contributed by atoms with Crippen LogP contribution in [0, 0.1) is 0 Å². The third-order valence-corrected chi connectivity index (χ3v) is 3.41. The van der Waals surface area contributed by atoms with E-state index in [2.05, 4.69) is 11.4 Å². The summed E-state index contributed by atoms with van der Waals surface area (Å²) in [5.74, 6) is 0.158. The standard InChI is InChI=1S/C14H19NO2/c1-15-9-13(16)11-5-3-4-6-12(11)14(7-8-14)10-17-2/h3-6,15H,7-10H2,1-2H3. The van der Waals surface area contributed by atoms with Gasteiger partial charge in [-0.25, -0.2) is 0 Å². The molecule has 2 rings (SSSR count). The third-order valence-electron chi connectivity index (χ3n) is 3.41.